The maximum Gasteiger partial charge on any atom is 0.202 e. The second-order valence-electron chi connectivity index (χ2n) is 7.02. The van der Waals surface area contributed by atoms with Gasteiger partial charge in [-0.1, -0.05) is 18.2 Å². The smallest absolute Gasteiger partial charge is 0.202 e. The van der Waals surface area contributed by atoms with Crippen LogP contribution in [-0.2, 0) is 4.79 Å². The number of nitrogens with zero attached hydrogens (tertiary/aromatic N) is 3. The van der Waals surface area contributed by atoms with Crippen LogP contribution < -0.4 is 11.1 Å². The molecule has 1 aromatic heterocycles. The fourth-order valence-electron chi connectivity index (χ4n) is 3.19. The van der Waals surface area contributed by atoms with Gasteiger partial charge in [-0.15, -0.1) is 17.9 Å². The SMILES string of the molecule is CC(N)=NCCC[C@H](NC(=O)[C@@H]1C[C@@H](O)C[N-]1)C(O)c1nc2ccccc2s1.[Ac].[HH]. The minimum absolute atomic E-state index is 0. The molecule has 157 valence electrons. The summed E-state index contributed by atoms with van der Waals surface area (Å²) < 4.78 is 0.985. The Bertz CT molecular complexity index is 815. The molecule has 0 saturated carbocycles. The van der Waals surface area contributed by atoms with Crippen LogP contribution in [0.5, 0.6) is 0 Å². The molecule has 1 aromatic carbocycles. The van der Waals surface area contributed by atoms with E-state index in [2.05, 4.69) is 20.6 Å². The van der Waals surface area contributed by atoms with Gasteiger partial charge in [-0.2, -0.15) is 0 Å². The topological polar surface area (TPSA) is 135 Å². The third kappa shape index (κ3) is 6.94. The summed E-state index contributed by atoms with van der Waals surface area (Å²) in [5, 5.41) is 28.2. The fourth-order valence-corrected chi connectivity index (χ4v) is 4.21. The second-order valence-corrected chi connectivity index (χ2v) is 8.08. The van der Waals surface area contributed by atoms with E-state index in [0.29, 0.717) is 36.7 Å². The molecule has 1 radical (unpaired) electrons. The predicted octanol–water partition coefficient (Wildman–Crippen LogP) is 1.72. The predicted molar refractivity (Wildman–Crippen MR) is 113 cm³/mol. The molecule has 2 heterocycles. The Balaban J connectivity index is 0.00000225. The first-order valence-electron chi connectivity index (χ1n) is 9.39. The van der Waals surface area contributed by atoms with Crippen LogP contribution >= 0.6 is 11.3 Å². The monoisotopic (exact) mass is 633 g/mol. The molecule has 1 unspecified atom stereocenters. The number of rotatable bonds is 8. The molecule has 1 aliphatic rings. The molecule has 29 heavy (non-hydrogen) atoms. The number of thiazole rings is 1. The zero-order chi connectivity index (χ0) is 20.1. The van der Waals surface area contributed by atoms with Gasteiger partial charge in [0.25, 0.3) is 0 Å². The number of carbonyl (C=O) groups is 1. The number of aliphatic hydroxyl groups is 2. The van der Waals surface area contributed by atoms with Crippen molar-refractivity contribution in [2.24, 2.45) is 10.7 Å². The van der Waals surface area contributed by atoms with Crippen molar-refractivity contribution in [2.75, 3.05) is 13.1 Å². The number of fused-ring (bicyclic) bond motifs is 1. The summed E-state index contributed by atoms with van der Waals surface area (Å²) in [6.45, 7) is 2.52. The zero-order valence-electron chi connectivity index (χ0n) is 16.4. The van der Waals surface area contributed by atoms with Crippen molar-refractivity contribution in [3.05, 3.63) is 34.6 Å². The molecule has 2 aromatic rings. The summed E-state index contributed by atoms with van der Waals surface area (Å²) >= 11 is 1.41. The molecule has 5 N–H and O–H groups in total. The molecule has 10 heteroatoms. The van der Waals surface area contributed by atoms with Crippen LogP contribution in [0.3, 0.4) is 0 Å². The molecule has 0 spiro atoms. The Morgan fingerprint density at radius 1 is 1.52 bits per heavy atom. The van der Waals surface area contributed by atoms with Crippen molar-refractivity contribution < 1.29 is 60.5 Å². The standard InChI is InChI=1S/C19H26N5O3S.Ac.H2/c1-11(20)21-8-4-6-14(23-18(27)15-9-12(25)10-22-15)17(26)19-24-13-5-2-3-7-16(13)28-19;;/h2-3,5,7,12,14-15,17,25-26H,4,6,8-10H2,1H3,(H2,20,21)(H,23,27);;1H/q-1;;/t12-,14+,15+,17?;;/m1../s1. The van der Waals surface area contributed by atoms with Crippen LogP contribution in [0.1, 0.15) is 38.7 Å². The van der Waals surface area contributed by atoms with Gasteiger partial charge in [0.1, 0.15) is 11.1 Å². The van der Waals surface area contributed by atoms with Gasteiger partial charge in [-0.25, -0.2) is 4.98 Å². The third-order valence-corrected chi connectivity index (χ3v) is 5.75. The van der Waals surface area contributed by atoms with Crippen LogP contribution in [0, 0.1) is 44.1 Å². The van der Waals surface area contributed by atoms with E-state index >= 15 is 0 Å². The Morgan fingerprint density at radius 3 is 2.93 bits per heavy atom. The van der Waals surface area contributed by atoms with Crippen molar-refractivity contribution in [3.8, 4) is 0 Å². The van der Waals surface area contributed by atoms with Crippen molar-refractivity contribution in [2.45, 2.75) is 50.5 Å². The number of aliphatic imine (C=N–C) groups is 1. The van der Waals surface area contributed by atoms with E-state index in [4.69, 9.17) is 5.73 Å². The molecule has 4 atom stereocenters. The van der Waals surface area contributed by atoms with Gasteiger partial charge in [-0.05, 0) is 38.3 Å². The number of hydrogen-bond donors (Lipinski definition) is 4. The Hall–Kier alpha value is -0.628. The second kappa shape index (κ2) is 11.7. The normalized spacial score (nSPS) is 21.6. The van der Waals surface area contributed by atoms with Gasteiger partial charge in [-0.3, -0.25) is 9.79 Å². The van der Waals surface area contributed by atoms with E-state index in [1.165, 1.54) is 11.3 Å². The number of nitrogens with one attached hydrogen (secondary N) is 1. The number of hydrogen-bond acceptors (Lipinski definition) is 6. The van der Waals surface area contributed by atoms with E-state index in [1.54, 1.807) is 6.92 Å². The summed E-state index contributed by atoms with van der Waals surface area (Å²) in [7, 11) is 0. The minimum atomic E-state index is -0.935. The minimum Gasteiger partial charge on any atom is -0.650 e. The first kappa shape index (κ1) is 24.6. The number of aliphatic hydroxyl groups excluding tert-OH is 2. The average molecular weight is 634 g/mol. The largest absolute Gasteiger partial charge is 0.650 e. The molecule has 1 fully saturated rings. The van der Waals surface area contributed by atoms with E-state index in [1.807, 2.05) is 24.3 Å². The van der Waals surface area contributed by atoms with Gasteiger partial charge >= 0.3 is 0 Å². The molecular formula is C19H28AcN5O3S-. The first-order chi connectivity index (χ1) is 13.4. The van der Waals surface area contributed by atoms with E-state index in [-0.39, 0.29) is 57.9 Å². The summed E-state index contributed by atoms with van der Waals surface area (Å²) in [5.74, 6) is 0.228. The number of nitrogens with two attached hydrogens (primary N) is 1. The Morgan fingerprint density at radius 2 is 2.28 bits per heavy atom. The quantitative estimate of drug-likeness (QED) is 0.200. The maximum atomic E-state index is 12.6. The molecule has 3 rings (SSSR count). The molecule has 1 aliphatic heterocycles. The number of carbonyl (C=O) groups excluding carboxylic acids is 1. The van der Waals surface area contributed by atoms with Gasteiger partial charge in [0.05, 0.1) is 22.1 Å². The first-order valence-corrected chi connectivity index (χ1v) is 10.2. The van der Waals surface area contributed by atoms with Crippen LogP contribution in [0.15, 0.2) is 29.3 Å². The van der Waals surface area contributed by atoms with Gasteiger partial charge in [0.15, 0.2) is 0 Å². The number of amides is 1. The summed E-state index contributed by atoms with van der Waals surface area (Å²) in [6, 6.07) is 6.58. The summed E-state index contributed by atoms with van der Waals surface area (Å²) in [6.07, 6.45) is -0.0198. The number of para-hydroxylation sites is 1. The van der Waals surface area contributed by atoms with Crippen molar-refractivity contribution in [1.29, 1.82) is 0 Å². The van der Waals surface area contributed by atoms with E-state index < -0.39 is 24.3 Å². The van der Waals surface area contributed by atoms with Crippen molar-refractivity contribution in [3.63, 3.8) is 0 Å². The summed E-state index contributed by atoms with van der Waals surface area (Å²) in [4.78, 5) is 21.2. The molecule has 8 nitrogen and oxygen atoms in total. The molecule has 0 aliphatic carbocycles. The Labute approximate surface area is 211 Å². The maximum absolute atomic E-state index is 12.6. The number of amidine groups is 1. The van der Waals surface area contributed by atoms with E-state index in [0.717, 1.165) is 10.2 Å². The average Bonchev–Trinajstić information content (AvgIpc) is 3.29. The van der Waals surface area contributed by atoms with Gasteiger partial charge in [0, 0.05) is 58.1 Å². The van der Waals surface area contributed by atoms with Crippen LogP contribution in [0.25, 0.3) is 15.5 Å². The van der Waals surface area contributed by atoms with Gasteiger partial charge in [0.2, 0.25) is 5.91 Å². The van der Waals surface area contributed by atoms with Gasteiger partial charge < -0.3 is 26.6 Å². The fraction of sp³-hybridized carbons (Fsp3) is 0.526. The number of aromatic nitrogens is 1. The molecule has 1 amide bonds. The summed E-state index contributed by atoms with van der Waals surface area (Å²) in [5.41, 5.74) is 6.39. The molecule has 0 bridgehead atoms. The molecular weight excluding hydrogens is 605 g/mol. The third-order valence-electron chi connectivity index (χ3n) is 4.64. The van der Waals surface area contributed by atoms with E-state index in [9.17, 15) is 15.0 Å². The van der Waals surface area contributed by atoms with Crippen LogP contribution in [-0.4, -0.2) is 58.2 Å². The zero-order valence-corrected chi connectivity index (χ0v) is 21.9. The Kier molecular flexibility index (Phi) is 9.92. The van der Waals surface area contributed by atoms with Crippen LogP contribution in [0.2, 0.25) is 0 Å². The van der Waals surface area contributed by atoms with Crippen molar-refractivity contribution >= 4 is 33.3 Å². The van der Waals surface area contributed by atoms with Crippen LogP contribution in [0.4, 0.5) is 0 Å². The molecule has 1 saturated heterocycles. The van der Waals surface area contributed by atoms with Crippen molar-refractivity contribution in [1.82, 2.24) is 10.3 Å². The number of benzene rings is 1.